The van der Waals surface area contributed by atoms with Gasteiger partial charge in [0.25, 0.3) is 0 Å². The van der Waals surface area contributed by atoms with E-state index in [4.69, 9.17) is 0 Å². The summed E-state index contributed by atoms with van der Waals surface area (Å²) >= 11 is 0. The molecule has 0 spiro atoms. The van der Waals surface area contributed by atoms with Crippen LogP contribution in [0.15, 0.2) is 0 Å². The number of hydrogen-bond acceptors (Lipinski definition) is 1. The van der Waals surface area contributed by atoms with Crippen molar-refractivity contribution in [1.82, 2.24) is 0 Å². The predicted molar refractivity (Wildman–Crippen MR) is 82.1 cm³/mol. The summed E-state index contributed by atoms with van der Waals surface area (Å²) < 4.78 is 0. The second-order valence-electron chi connectivity index (χ2n) is 7.82. The normalized spacial score (nSPS) is 40.6. The monoisotopic (exact) mass is 266 g/mol. The average molecular weight is 266 g/mol. The minimum Gasteiger partial charge on any atom is -0.390 e. The topological polar surface area (TPSA) is 20.2 Å². The van der Waals surface area contributed by atoms with Gasteiger partial charge in [0.1, 0.15) is 0 Å². The Bertz CT molecular complexity index is 265. The first kappa shape index (κ1) is 15.4. The zero-order chi connectivity index (χ0) is 13.9. The molecule has 2 rings (SSSR count). The van der Waals surface area contributed by atoms with E-state index in [9.17, 15) is 5.11 Å². The van der Waals surface area contributed by atoms with E-state index in [1.807, 2.05) is 0 Å². The molecule has 0 bridgehead atoms. The Morgan fingerprint density at radius 1 is 1.05 bits per heavy atom. The van der Waals surface area contributed by atoms with Gasteiger partial charge in [0.15, 0.2) is 0 Å². The maximum absolute atomic E-state index is 11.1. The minimum atomic E-state index is -0.309. The van der Waals surface area contributed by atoms with E-state index in [-0.39, 0.29) is 5.60 Å². The van der Waals surface area contributed by atoms with Crippen molar-refractivity contribution in [2.75, 3.05) is 0 Å². The molecular formula is C18H34O. The molecule has 0 aliphatic heterocycles. The molecule has 19 heavy (non-hydrogen) atoms. The number of rotatable bonds is 4. The highest BCUT2D eigenvalue weighted by Gasteiger charge is 2.42. The molecule has 2 unspecified atom stereocenters. The van der Waals surface area contributed by atoms with Gasteiger partial charge in [-0.05, 0) is 55.8 Å². The van der Waals surface area contributed by atoms with Gasteiger partial charge in [-0.15, -0.1) is 0 Å². The number of hydrogen-bond donors (Lipinski definition) is 1. The summed E-state index contributed by atoms with van der Waals surface area (Å²) in [7, 11) is 0. The largest absolute Gasteiger partial charge is 0.390 e. The van der Waals surface area contributed by atoms with Crippen LogP contribution in [0, 0.1) is 23.7 Å². The Kier molecular flexibility index (Phi) is 5.34. The van der Waals surface area contributed by atoms with Gasteiger partial charge >= 0.3 is 0 Å². The van der Waals surface area contributed by atoms with Crippen molar-refractivity contribution in [3.8, 4) is 0 Å². The van der Waals surface area contributed by atoms with Crippen molar-refractivity contribution in [2.45, 2.75) is 90.6 Å². The Labute approximate surface area is 120 Å². The standard InChI is InChI=1S/C18H34O/c1-4-15-7-9-17(10-8-15)18(19)11-5-6-16(13-18)12-14(2)3/h14-17,19H,4-13H2,1-3H3. The molecule has 2 saturated carbocycles. The summed E-state index contributed by atoms with van der Waals surface area (Å²) in [5.41, 5.74) is -0.309. The predicted octanol–water partition coefficient (Wildman–Crippen LogP) is 5.17. The smallest absolute Gasteiger partial charge is 0.0678 e. The quantitative estimate of drug-likeness (QED) is 0.744. The third kappa shape index (κ3) is 3.97. The Balaban J connectivity index is 1.90. The molecular weight excluding hydrogens is 232 g/mol. The maximum atomic E-state index is 11.1. The van der Waals surface area contributed by atoms with Crippen molar-refractivity contribution in [3.63, 3.8) is 0 Å². The van der Waals surface area contributed by atoms with Crippen LogP contribution >= 0.6 is 0 Å². The minimum absolute atomic E-state index is 0.309. The molecule has 0 aromatic heterocycles. The summed E-state index contributed by atoms with van der Waals surface area (Å²) in [5.74, 6) is 3.10. The average Bonchev–Trinajstić information content (AvgIpc) is 2.38. The van der Waals surface area contributed by atoms with Gasteiger partial charge in [-0.2, -0.15) is 0 Å². The van der Waals surface area contributed by atoms with Gasteiger partial charge in [0.05, 0.1) is 5.60 Å². The van der Waals surface area contributed by atoms with E-state index in [0.29, 0.717) is 5.92 Å². The molecule has 112 valence electrons. The third-order valence-corrected chi connectivity index (χ3v) is 5.85. The lowest BCUT2D eigenvalue weighted by molar-refractivity contribution is -0.0818. The fraction of sp³-hybridized carbons (Fsp3) is 1.00. The van der Waals surface area contributed by atoms with E-state index >= 15 is 0 Å². The van der Waals surface area contributed by atoms with Gasteiger partial charge in [-0.3, -0.25) is 0 Å². The molecule has 2 fully saturated rings. The first-order chi connectivity index (χ1) is 9.03. The highest BCUT2D eigenvalue weighted by atomic mass is 16.3. The Hall–Kier alpha value is -0.0400. The molecule has 0 heterocycles. The van der Waals surface area contributed by atoms with Crippen LogP contribution in [0.25, 0.3) is 0 Å². The molecule has 2 aliphatic rings. The van der Waals surface area contributed by atoms with Crippen LogP contribution in [-0.4, -0.2) is 10.7 Å². The van der Waals surface area contributed by atoms with Crippen LogP contribution in [0.2, 0.25) is 0 Å². The highest BCUT2D eigenvalue weighted by molar-refractivity contribution is 4.94. The summed E-state index contributed by atoms with van der Waals surface area (Å²) in [6.45, 7) is 6.96. The zero-order valence-corrected chi connectivity index (χ0v) is 13.3. The molecule has 1 nitrogen and oxygen atoms in total. The Morgan fingerprint density at radius 2 is 1.74 bits per heavy atom. The van der Waals surface area contributed by atoms with Crippen molar-refractivity contribution in [2.24, 2.45) is 23.7 Å². The molecule has 0 aromatic rings. The van der Waals surface area contributed by atoms with E-state index < -0.39 is 0 Å². The van der Waals surface area contributed by atoms with E-state index in [2.05, 4.69) is 20.8 Å². The van der Waals surface area contributed by atoms with Gasteiger partial charge < -0.3 is 5.11 Å². The second-order valence-corrected chi connectivity index (χ2v) is 7.82. The molecule has 0 saturated heterocycles. The van der Waals surface area contributed by atoms with E-state index in [0.717, 1.165) is 30.6 Å². The highest BCUT2D eigenvalue weighted by Crippen LogP contribution is 2.46. The molecule has 2 atom stereocenters. The lowest BCUT2D eigenvalue weighted by Gasteiger charge is -2.45. The van der Waals surface area contributed by atoms with Crippen molar-refractivity contribution in [3.05, 3.63) is 0 Å². The molecule has 2 aliphatic carbocycles. The number of aliphatic hydroxyl groups is 1. The summed E-state index contributed by atoms with van der Waals surface area (Å²) in [6.07, 6.45) is 12.7. The molecule has 0 aromatic carbocycles. The molecule has 1 N–H and O–H groups in total. The fourth-order valence-electron chi connectivity index (χ4n) is 4.75. The summed E-state index contributed by atoms with van der Waals surface area (Å²) in [5, 5.41) is 11.1. The van der Waals surface area contributed by atoms with Crippen LogP contribution in [-0.2, 0) is 0 Å². The lowest BCUT2D eigenvalue weighted by Crippen LogP contribution is -2.44. The first-order valence-corrected chi connectivity index (χ1v) is 8.76. The van der Waals surface area contributed by atoms with Crippen LogP contribution in [0.3, 0.4) is 0 Å². The lowest BCUT2D eigenvalue weighted by atomic mass is 9.64. The van der Waals surface area contributed by atoms with Gasteiger partial charge in [0, 0.05) is 0 Å². The van der Waals surface area contributed by atoms with Crippen molar-refractivity contribution >= 4 is 0 Å². The summed E-state index contributed by atoms with van der Waals surface area (Å²) in [6, 6.07) is 0. The Morgan fingerprint density at radius 3 is 2.32 bits per heavy atom. The van der Waals surface area contributed by atoms with Gasteiger partial charge in [-0.25, -0.2) is 0 Å². The van der Waals surface area contributed by atoms with Gasteiger partial charge in [0.2, 0.25) is 0 Å². The summed E-state index contributed by atoms with van der Waals surface area (Å²) in [4.78, 5) is 0. The second kappa shape index (κ2) is 6.61. The van der Waals surface area contributed by atoms with Crippen LogP contribution in [0.5, 0.6) is 0 Å². The maximum Gasteiger partial charge on any atom is 0.0678 e. The van der Waals surface area contributed by atoms with Crippen molar-refractivity contribution in [1.29, 1.82) is 0 Å². The van der Waals surface area contributed by atoms with E-state index in [1.54, 1.807) is 0 Å². The van der Waals surface area contributed by atoms with Crippen molar-refractivity contribution < 1.29 is 5.11 Å². The molecule has 0 amide bonds. The fourth-order valence-corrected chi connectivity index (χ4v) is 4.75. The third-order valence-electron chi connectivity index (χ3n) is 5.85. The first-order valence-electron chi connectivity index (χ1n) is 8.76. The zero-order valence-electron chi connectivity index (χ0n) is 13.3. The molecule has 1 heteroatoms. The van der Waals surface area contributed by atoms with Crippen LogP contribution in [0.4, 0.5) is 0 Å². The van der Waals surface area contributed by atoms with E-state index in [1.165, 1.54) is 51.4 Å². The molecule has 0 radical (unpaired) electrons. The van der Waals surface area contributed by atoms with Gasteiger partial charge in [-0.1, -0.05) is 52.9 Å². The van der Waals surface area contributed by atoms with Crippen LogP contribution < -0.4 is 0 Å². The van der Waals surface area contributed by atoms with Crippen LogP contribution in [0.1, 0.15) is 85.0 Å². The SMILES string of the molecule is CCC1CCC(C2(O)CCCC(CC(C)C)C2)CC1.